The van der Waals surface area contributed by atoms with Crippen LogP contribution in [0, 0.1) is 5.41 Å². The Morgan fingerprint density at radius 2 is 2.07 bits per heavy atom. The second kappa shape index (κ2) is 4.96. The van der Waals surface area contributed by atoms with Crippen LogP contribution in [0.5, 0.6) is 0 Å². The lowest BCUT2D eigenvalue weighted by Gasteiger charge is -2.13. The molecule has 0 radical (unpaired) electrons. The molecule has 0 aromatic heterocycles. The highest BCUT2D eigenvalue weighted by Gasteiger charge is 2.41. The zero-order chi connectivity index (χ0) is 11.3. The van der Waals surface area contributed by atoms with Gasteiger partial charge in [-0.05, 0) is 24.7 Å². The lowest BCUT2D eigenvalue weighted by atomic mass is 10.0. The highest BCUT2D eigenvalue weighted by Crippen LogP contribution is 2.48. The van der Waals surface area contributed by atoms with Gasteiger partial charge in [0.1, 0.15) is 0 Å². The van der Waals surface area contributed by atoms with E-state index in [-0.39, 0.29) is 5.91 Å². The second-order valence-electron chi connectivity index (χ2n) is 4.14. The molecule has 4 heteroatoms. The van der Waals surface area contributed by atoms with Crippen LogP contribution < -0.4 is 5.32 Å². The van der Waals surface area contributed by atoms with E-state index >= 15 is 0 Å². The molecule has 1 aliphatic rings. The Morgan fingerprint density at radius 1 is 1.40 bits per heavy atom. The van der Waals surface area contributed by atoms with E-state index in [1.54, 1.807) is 0 Å². The molecule has 84 valence electrons. The Labute approximate surface area is 89.4 Å². The van der Waals surface area contributed by atoms with Crippen molar-refractivity contribution in [2.75, 3.05) is 6.54 Å². The molecule has 0 heterocycles. The highest BCUT2D eigenvalue weighted by atomic mass is 16.4. The van der Waals surface area contributed by atoms with Crippen molar-refractivity contribution in [3.05, 3.63) is 12.2 Å². The largest absolute Gasteiger partial charge is 0.478 e. The number of rotatable bonds is 6. The van der Waals surface area contributed by atoms with Gasteiger partial charge in [-0.3, -0.25) is 4.79 Å². The maximum Gasteiger partial charge on any atom is 0.328 e. The fraction of sp³-hybridized carbons (Fsp3) is 0.636. The quantitative estimate of drug-likeness (QED) is 0.651. The van der Waals surface area contributed by atoms with Gasteiger partial charge >= 0.3 is 5.97 Å². The molecule has 0 spiro atoms. The normalized spacial score (nSPS) is 17.7. The molecule has 2 N–H and O–H groups in total. The van der Waals surface area contributed by atoms with Gasteiger partial charge in [-0.1, -0.05) is 13.3 Å². The van der Waals surface area contributed by atoms with Crippen molar-refractivity contribution in [1.82, 2.24) is 5.32 Å². The number of carboxylic acids is 1. The Kier molecular flexibility index (Phi) is 3.88. The summed E-state index contributed by atoms with van der Waals surface area (Å²) in [5.41, 5.74) is 0.307. The first kappa shape index (κ1) is 11.8. The molecule has 1 saturated carbocycles. The van der Waals surface area contributed by atoms with E-state index in [1.165, 1.54) is 12.8 Å². The first-order chi connectivity index (χ1) is 7.08. The Hall–Kier alpha value is -1.32. The third-order valence-corrected chi connectivity index (χ3v) is 2.75. The summed E-state index contributed by atoms with van der Waals surface area (Å²) in [5.74, 6) is -1.42. The average Bonchev–Trinajstić information content (AvgIpc) is 2.93. The van der Waals surface area contributed by atoms with Gasteiger partial charge in [0, 0.05) is 18.7 Å². The number of carboxylic acid groups (broad SMARTS) is 1. The Morgan fingerprint density at radius 3 is 2.53 bits per heavy atom. The van der Waals surface area contributed by atoms with Gasteiger partial charge in [-0.15, -0.1) is 0 Å². The molecular weight excluding hydrogens is 194 g/mol. The molecule has 0 unspecified atom stereocenters. The summed E-state index contributed by atoms with van der Waals surface area (Å²) >= 11 is 0. The van der Waals surface area contributed by atoms with Crippen LogP contribution in [0.4, 0.5) is 0 Å². The van der Waals surface area contributed by atoms with E-state index in [1.807, 2.05) is 0 Å². The minimum absolute atomic E-state index is 0.307. The van der Waals surface area contributed by atoms with Gasteiger partial charge in [0.15, 0.2) is 0 Å². The van der Waals surface area contributed by atoms with Crippen LogP contribution in [-0.4, -0.2) is 23.5 Å². The van der Waals surface area contributed by atoms with Gasteiger partial charge in [-0.25, -0.2) is 4.79 Å². The van der Waals surface area contributed by atoms with E-state index < -0.39 is 5.97 Å². The smallest absolute Gasteiger partial charge is 0.328 e. The molecule has 0 aromatic carbocycles. The van der Waals surface area contributed by atoms with Crippen molar-refractivity contribution in [2.24, 2.45) is 5.41 Å². The maximum absolute atomic E-state index is 11.2. The van der Waals surface area contributed by atoms with Crippen LogP contribution in [0.25, 0.3) is 0 Å². The predicted octanol–water partition coefficient (Wildman–Crippen LogP) is 1.32. The summed E-state index contributed by atoms with van der Waals surface area (Å²) in [6.45, 7) is 2.80. The van der Waals surface area contributed by atoms with Gasteiger partial charge < -0.3 is 10.4 Å². The summed E-state index contributed by atoms with van der Waals surface area (Å²) in [6, 6.07) is 0. The first-order valence-corrected chi connectivity index (χ1v) is 5.27. The van der Waals surface area contributed by atoms with Crippen LogP contribution >= 0.6 is 0 Å². The van der Waals surface area contributed by atoms with E-state index in [9.17, 15) is 9.59 Å². The molecule has 1 aliphatic carbocycles. The molecule has 15 heavy (non-hydrogen) atoms. The van der Waals surface area contributed by atoms with Crippen molar-refractivity contribution < 1.29 is 14.7 Å². The van der Waals surface area contributed by atoms with E-state index in [2.05, 4.69) is 12.2 Å². The molecule has 4 nitrogen and oxygen atoms in total. The number of aliphatic carboxylic acids is 1. The number of carbonyl (C=O) groups is 2. The second-order valence-corrected chi connectivity index (χ2v) is 4.14. The topological polar surface area (TPSA) is 66.4 Å². The Bertz CT molecular complexity index is 280. The predicted molar refractivity (Wildman–Crippen MR) is 56.4 cm³/mol. The monoisotopic (exact) mass is 211 g/mol. The van der Waals surface area contributed by atoms with Crippen molar-refractivity contribution in [3.63, 3.8) is 0 Å². The molecule has 1 amide bonds. The fourth-order valence-corrected chi connectivity index (χ4v) is 1.70. The zero-order valence-electron chi connectivity index (χ0n) is 8.95. The lowest BCUT2D eigenvalue weighted by molar-refractivity contribution is -0.131. The van der Waals surface area contributed by atoms with Crippen molar-refractivity contribution >= 4 is 11.9 Å². The molecule has 1 rings (SSSR count). The van der Waals surface area contributed by atoms with Crippen molar-refractivity contribution in [3.8, 4) is 0 Å². The Balaban J connectivity index is 2.25. The standard InChI is InChI=1S/C11H17NO3/c1-2-5-11(6-7-11)8-12-9(13)3-4-10(14)15/h3-4H,2,5-8H2,1H3,(H,12,13)(H,14,15)/b4-3+. The minimum atomic E-state index is -1.10. The van der Waals surface area contributed by atoms with Crippen molar-refractivity contribution in [2.45, 2.75) is 32.6 Å². The summed E-state index contributed by atoms with van der Waals surface area (Å²) in [7, 11) is 0. The number of nitrogens with one attached hydrogen (secondary N) is 1. The fourth-order valence-electron chi connectivity index (χ4n) is 1.70. The van der Waals surface area contributed by atoms with Crippen molar-refractivity contribution in [1.29, 1.82) is 0 Å². The van der Waals surface area contributed by atoms with Crippen LogP contribution in [-0.2, 0) is 9.59 Å². The van der Waals surface area contributed by atoms with E-state index in [4.69, 9.17) is 5.11 Å². The molecule has 0 bridgehead atoms. The summed E-state index contributed by atoms with van der Waals surface area (Å²) in [4.78, 5) is 21.3. The van der Waals surface area contributed by atoms with E-state index in [0.29, 0.717) is 12.0 Å². The van der Waals surface area contributed by atoms with Crippen LogP contribution in [0.3, 0.4) is 0 Å². The van der Waals surface area contributed by atoms with E-state index in [0.717, 1.165) is 25.0 Å². The summed E-state index contributed by atoms with van der Waals surface area (Å²) in [6.07, 6.45) is 6.52. The van der Waals surface area contributed by atoms with Gasteiger partial charge in [0.25, 0.3) is 0 Å². The third kappa shape index (κ3) is 4.14. The molecular formula is C11H17NO3. The van der Waals surface area contributed by atoms with Crippen LogP contribution in [0.2, 0.25) is 0 Å². The maximum atomic E-state index is 11.2. The molecule has 0 aromatic rings. The molecule has 1 fully saturated rings. The number of carbonyl (C=O) groups excluding carboxylic acids is 1. The SMILES string of the molecule is CCCC1(CNC(=O)/C=C/C(=O)O)CC1. The first-order valence-electron chi connectivity index (χ1n) is 5.27. The third-order valence-electron chi connectivity index (χ3n) is 2.75. The zero-order valence-corrected chi connectivity index (χ0v) is 8.95. The summed E-state index contributed by atoms with van der Waals surface area (Å²) in [5, 5.41) is 11.1. The average molecular weight is 211 g/mol. The number of hydrogen-bond donors (Lipinski definition) is 2. The number of amides is 1. The van der Waals surface area contributed by atoms with Gasteiger partial charge in [-0.2, -0.15) is 0 Å². The van der Waals surface area contributed by atoms with Crippen LogP contribution in [0.1, 0.15) is 32.6 Å². The summed E-state index contributed by atoms with van der Waals surface area (Å²) < 4.78 is 0. The molecule has 0 aliphatic heterocycles. The van der Waals surface area contributed by atoms with Gasteiger partial charge in [0.2, 0.25) is 5.91 Å². The molecule has 0 saturated heterocycles. The van der Waals surface area contributed by atoms with Gasteiger partial charge in [0.05, 0.1) is 0 Å². The lowest BCUT2D eigenvalue weighted by Crippen LogP contribution is -2.28. The number of hydrogen-bond acceptors (Lipinski definition) is 2. The van der Waals surface area contributed by atoms with Crippen LogP contribution in [0.15, 0.2) is 12.2 Å². The molecule has 0 atom stereocenters. The minimum Gasteiger partial charge on any atom is -0.478 e. The highest BCUT2D eigenvalue weighted by molar-refractivity contribution is 5.93.